The molecule has 0 unspecified atom stereocenters. The molecule has 0 aliphatic carbocycles. The zero-order chi connectivity index (χ0) is 16.4. The molecule has 2 heterocycles. The third kappa shape index (κ3) is 3.05. The summed E-state index contributed by atoms with van der Waals surface area (Å²) in [5.41, 5.74) is 1.71. The first-order valence-corrected chi connectivity index (χ1v) is 8.30. The van der Waals surface area contributed by atoms with Crippen molar-refractivity contribution in [3.05, 3.63) is 62.1 Å². The van der Waals surface area contributed by atoms with Crippen LogP contribution in [0.1, 0.15) is 34.1 Å². The summed E-state index contributed by atoms with van der Waals surface area (Å²) >= 11 is 1.32. The number of carbonyl (C=O) groups is 1. The Morgan fingerprint density at radius 2 is 2.13 bits per heavy atom. The van der Waals surface area contributed by atoms with Crippen LogP contribution in [0.25, 0.3) is 11.0 Å². The van der Waals surface area contributed by atoms with Gasteiger partial charge in [0.1, 0.15) is 16.2 Å². The second kappa shape index (κ2) is 6.38. The molecular formula is C18H16O4S. The second-order valence-electron chi connectivity index (χ2n) is 5.27. The maximum atomic E-state index is 12.1. The summed E-state index contributed by atoms with van der Waals surface area (Å²) < 4.78 is 10.8. The molecule has 0 bridgehead atoms. The lowest BCUT2D eigenvalue weighted by molar-refractivity contribution is 0.0739. The predicted octanol–water partition coefficient (Wildman–Crippen LogP) is 4.33. The number of benzene rings is 1. The fourth-order valence-electron chi connectivity index (χ4n) is 2.54. The Balaban J connectivity index is 2.05. The zero-order valence-electron chi connectivity index (χ0n) is 12.9. The maximum Gasteiger partial charge on any atom is 0.353 e. The van der Waals surface area contributed by atoms with Crippen molar-refractivity contribution in [2.45, 2.75) is 26.7 Å². The molecule has 0 amide bonds. The number of hydrogen-bond donors (Lipinski definition) is 0. The van der Waals surface area contributed by atoms with Gasteiger partial charge in [-0.2, -0.15) is 0 Å². The van der Waals surface area contributed by atoms with E-state index >= 15 is 0 Å². The predicted molar refractivity (Wildman–Crippen MR) is 90.5 cm³/mol. The number of rotatable bonds is 4. The molecule has 2 aromatic heterocycles. The molecule has 3 aromatic rings. The van der Waals surface area contributed by atoms with Gasteiger partial charge >= 0.3 is 11.6 Å². The van der Waals surface area contributed by atoms with Gasteiger partial charge in [0.25, 0.3) is 0 Å². The van der Waals surface area contributed by atoms with Crippen LogP contribution >= 0.6 is 11.3 Å². The van der Waals surface area contributed by atoms with Gasteiger partial charge < -0.3 is 9.15 Å². The van der Waals surface area contributed by atoms with Crippen molar-refractivity contribution in [2.75, 3.05) is 0 Å². The van der Waals surface area contributed by atoms with Crippen LogP contribution in [-0.4, -0.2) is 5.97 Å². The van der Waals surface area contributed by atoms with E-state index in [0.29, 0.717) is 21.8 Å². The molecule has 3 rings (SSSR count). The first-order chi connectivity index (χ1) is 11.1. The van der Waals surface area contributed by atoms with Crippen LogP contribution in [-0.2, 0) is 6.42 Å². The molecular weight excluding hydrogens is 312 g/mol. The third-order valence-corrected chi connectivity index (χ3v) is 4.49. The van der Waals surface area contributed by atoms with E-state index in [1.165, 1.54) is 17.4 Å². The van der Waals surface area contributed by atoms with Gasteiger partial charge in [0.2, 0.25) is 0 Å². The molecule has 0 spiro atoms. The number of thiophene rings is 1. The molecule has 0 fully saturated rings. The molecule has 0 atom stereocenters. The van der Waals surface area contributed by atoms with Crippen LogP contribution < -0.4 is 10.4 Å². The van der Waals surface area contributed by atoms with Gasteiger partial charge in [-0.1, -0.05) is 19.4 Å². The molecule has 0 aliphatic rings. The van der Waals surface area contributed by atoms with Crippen LogP contribution in [0.3, 0.4) is 0 Å². The SMILES string of the molecule is CCCc1cc(=O)oc2c(C)c(OC(=O)c3cccs3)ccc12. The first-order valence-electron chi connectivity index (χ1n) is 7.42. The van der Waals surface area contributed by atoms with Crippen molar-refractivity contribution >= 4 is 28.3 Å². The lowest BCUT2D eigenvalue weighted by Crippen LogP contribution is -2.08. The van der Waals surface area contributed by atoms with Crippen LogP contribution in [0.2, 0.25) is 0 Å². The smallest absolute Gasteiger partial charge is 0.353 e. The molecule has 0 radical (unpaired) electrons. The van der Waals surface area contributed by atoms with Crippen molar-refractivity contribution in [3.63, 3.8) is 0 Å². The van der Waals surface area contributed by atoms with Crippen LogP contribution in [0, 0.1) is 6.92 Å². The summed E-state index contributed by atoms with van der Waals surface area (Å²) in [6.07, 6.45) is 1.74. The number of fused-ring (bicyclic) bond motifs is 1. The molecule has 0 N–H and O–H groups in total. The quantitative estimate of drug-likeness (QED) is 0.406. The monoisotopic (exact) mass is 328 g/mol. The minimum absolute atomic E-state index is 0.384. The Hall–Kier alpha value is -2.40. The van der Waals surface area contributed by atoms with Gasteiger partial charge in [0.05, 0.1) is 0 Å². The fraction of sp³-hybridized carbons (Fsp3) is 0.222. The van der Waals surface area contributed by atoms with Crippen molar-refractivity contribution in [1.29, 1.82) is 0 Å². The number of ether oxygens (including phenoxy) is 1. The number of carbonyl (C=O) groups excluding carboxylic acids is 1. The van der Waals surface area contributed by atoms with Gasteiger partial charge in [-0.25, -0.2) is 9.59 Å². The van der Waals surface area contributed by atoms with E-state index in [2.05, 4.69) is 6.92 Å². The van der Waals surface area contributed by atoms with Crippen molar-refractivity contribution in [3.8, 4) is 5.75 Å². The molecule has 4 nitrogen and oxygen atoms in total. The zero-order valence-corrected chi connectivity index (χ0v) is 13.7. The van der Waals surface area contributed by atoms with E-state index < -0.39 is 5.97 Å². The first kappa shape index (κ1) is 15.5. The van der Waals surface area contributed by atoms with Crippen LogP contribution in [0.5, 0.6) is 5.75 Å². The van der Waals surface area contributed by atoms with Gasteiger partial charge in [0.15, 0.2) is 0 Å². The summed E-state index contributed by atoms with van der Waals surface area (Å²) in [6, 6.07) is 8.63. The van der Waals surface area contributed by atoms with E-state index in [-0.39, 0.29) is 5.63 Å². The standard InChI is InChI=1S/C18H16O4S/c1-3-5-12-10-16(19)22-17-11(2)14(8-7-13(12)17)21-18(20)15-6-4-9-23-15/h4,6-10H,3,5H2,1-2H3. The Bertz CT molecular complexity index is 907. The lowest BCUT2D eigenvalue weighted by Gasteiger charge is -2.10. The summed E-state index contributed by atoms with van der Waals surface area (Å²) in [4.78, 5) is 24.4. The van der Waals surface area contributed by atoms with Crippen molar-refractivity contribution in [2.24, 2.45) is 0 Å². The molecule has 0 saturated heterocycles. The Labute approximate surface area is 137 Å². The summed E-state index contributed by atoms with van der Waals surface area (Å²) in [7, 11) is 0. The largest absolute Gasteiger partial charge is 0.422 e. The summed E-state index contributed by atoms with van der Waals surface area (Å²) in [5.74, 6) is 0.00204. The minimum Gasteiger partial charge on any atom is -0.422 e. The Morgan fingerprint density at radius 3 is 2.83 bits per heavy atom. The van der Waals surface area contributed by atoms with Gasteiger partial charge in [-0.05, 0) is 42.5 Å². The molecule has 0 saturated carbocycles. The summed E-state index contributed by atoms with van der Waals surface area (Å²) in [5, 5.41) is 2.71. The summed E-state index contributed by atoms with van der Waals surface area (Å²) in [6.45, 7) is 3.85. The third-order valence-electron chi connectivity index (χ3n) is 3.64. The maximum absolute atomic E-state index is 12.1. The number of aryl methyl sites for hydroxylation is 2. The van der Waals surface area contributed by atoms with Gasteiger partial charge in [-0.3, -0.25) is 0 Å². The molecule has 1 aromatic carbocycles. The molecule has 23 heavy (non-hydrogen) atoms. The topological polar surface area (TPSA) is 56.5 Å². The van der Waals surface area contributed by atoms with Crippen LogP contribution in [0.15, 0.2) is 44.9 Å². The van der Waals surface area contributed by atoms with Gasteiger partial charge in [-0.15, -0.1) is 11.3 Å². The molecule has 5 heteroatoms. The highest BCUT2D eigenvalue weighted by molar-refractivity contribution is 7.12. The fourth-order valence-corrected chi connectivity index (χ4v) is 3.14. The number of esters is 1. The Morgan fingerprint density at radius 1 is 1.30 bits per heavy atom. The normalized spacial score (nSPS) is 10.9. The highest BCUT2D eigenvalue weighted by Crippen LogP contribution is 2.29. The average Bonchev–Trinajstić information content (AvgIpc) is 3.05. The van der Waals surface area contributed by atoms with Crippen LogP contribution in [0.4, 0.5) is 0 Å². The number of hydrogen-bond acceptors (Lipinski definition) is 5. The second-order valence-corrected chi connectivity index (χ2v) is 6.22. The van der Waals surface area contributed by atoms with E-state index in [1.54, 1.807) is 25.1 Å². The average molecular weight is 328 g/mol. The minimum atomic E-state index is -0.408. The van der Waals surface area contributed by atoms with E-state index in [9.17, 15) is 9.59 Å². The highest BCUT2D eigenvalue weighted by atomic mass is 32.1. The van der Waals surface area contributed by atoms with E-state index in [0.717, 1.165) is 23.8 Å². The van der Waals surface area contributed by atoms with E-state index in [1.807, 2.05) is 11.4 Å². The Kier molecular flexibility index (Phi) is 4.30. The van der Waals surface area contributed by atoms with Crippen molar-refractivity contribution in [1.82, 2.24) is 0 Å². The van der Waals surface area contributed by atoms with Gasteiger partial charge in [0, 0.05) is 17.0 Å². The van der Waals surface area contributed by atoms with E-state index in [4.69, 9.17) is 9.15 Å². The highest BCUT2D eigenvalue weighted by Gasteiger charge is 2.15. The lowest BCUT2D eigenvalue weighted by atomic mass is 10.0. The molecule has 118 valence electrons. The van der Waals surface area contributed by atoms with Crippen molar-refractivity contribution < 1.29 is 13.9 Å². The molecule has 0 aliphatic heterocycles.